The maximum Gasteiger partial charge on any atom is 0.276 e. The second kappa shape index (κ2) is 10.8. The third-order valence-corrected chi connectivity index (χ3v) is 4.50. The van der Waals surface area contributed by atoms with Gasteiger partial charge in [0.1, 0.15) is 0 Å². The molecule has 0 spiro atoms. The molecule has 1 unspecified atom stereocenters. The van der Waals surface area contributed by atoms with E-state index in [1.807, 2.05) is 26.8 Å². The number of rotatable bonds is 5. The van der Waals surface area contributed by atoms with Crippen LogP contribution in [0.3, 0.4) is 0 Å². The third-order valence-electron chi connectivity index (χ3n) is 4.50. The maximum atomic E-state index is 10.8. The highest BCUT2D eigenvalue weighted by molar-refractivity contribution is 5.61. The zero-order chi connectivity index (χ0) is 23.8. The molecule has 1 N–H and O–H groups in total. The van der Waals surface area contributed by atoms with E-state index in [9.17, 15) is 25.3 Å². The SMILES string of the molecule is CC(C)(C)/C=C/c1ccccc1[N+](=O)[O-].CC(C)(C)C(O)Cc1ccccc1[N+](=O)[O-]. The molecule has 0 radical (unpaired) electrons. The summed E-state index contributed by atoms with van der Waals surface area (Å²) < 4.78 is 0. The highest BCUT2D eigenvalue weighted by Crippen LogP contribution is 2.26. The van der Waals surface area contributed by atoms with Crippen molar-refractivity contribution in [2.75, 3.05) is 0 Å². The fourth-order valence-electron chi connectivity index (χ4n) is 2.51. The Bertz CT molecular complexity index is 924. The summed E-state index contributed by atoms with van der Waals surface area (Å²) in [6, 6.07) is 13.3. The molecule has 7 nitrogen and oxygen atoms in total. The second-order valence-corrected chi connectivity index (χ2v) is 9.49. The van der Waals surface area contributed by atoms with Gasteiger partial charge in [-0.25, -0.2) is 0 Å². The lowest BCUT2D eigenvalue weighted by molar-refractivity contribution is -0.385. The zero-order valence-corrected chi connectivity index (χ0v) is 19.0. The van der Waals surface area contributed by atoms with Crippen LogP contribution in [0.5, 0.6) is 0 Å². The molecule has 2 rings (SSSR count). The van der Waals surface area contributed by atoms with E-state index >= 15 is 0 Å². The van der Waals surface area contributed by atoms with Crippen molar-refractivity contribution in [2.24, 2.45) is 10.8 Å². The first-order valence-electron chi connectivity index (χ1n) is 10.1. The quantitative estimate of drug-likeness (QED) is 0.451. The molecule has 1 atom stereocenters. The third kappa shape index (κ3) is 9.09. The molecule has 0 saturated heterocycles. The molecular formula is C24H32N2O5. The van der Waals surface area contributed by atoms with Crippen LogP contribution in [0.1, 0.15) is 52.7 Å². The molecule has 0 aliphatic carbocycles. The molecular weight excluding hydrogens is 396 g/mol. The minimum Gasteiger partial charge on any atom is -0.392 e. The first-order valence-corrected chi connectivity index (χ1v) is 10.1. The van der Waals surface area contributed by atoms with E-state index < -0.39 is 11.0 Å². The largest absolute Gasteiger partial charge is 0.392 e. The van der Waals surface area contributed by atoms with Crippen molar-refractivity contribution >= 4 is 17.5 Å². The topological polar surface area (TPSA) is 107 Å². The van der Waals surface area contributed by atoms with E-state index in [1.54, 1.807) is 42.5 Å². The molecule has 7 heteroatoms. The molecule has 0 aliphatic heterocycles. The molecule has 0 bridgehead atoms. The number of nitro benzene ring substituents is 2. The van der Waals surface area contributed by atoms with E-state index in [0.29, 0.717) is 17.5 Å². The standard InChI is InChI=1S/C12H17NO3.C12H15NO2/c1-12(2,3)11(14)8-9-6-4-5-7-10(9)13(15)16;1-12(2,3)9-8-10-6-4-5-7-11(10)13(14)15/h4-7,11,14H,8H2,1-3H3;4-9H,1-3H3/b;9-8+. The van der Waals surface area contributed by atoms with Gasteiger partial charge in [-0.05, 0) is 16.9 Å². The van der Waals surface area contributed by atoms with Gasteiger partial charge in [0.2, 0.25) is 0 Å². The van der Waals surface area contributed by atoms with Crippen LogP contribution in [-0.2, 0) is 6.42 Å². The average molecular weight is 429 g/mol. The molecule has 2 aromatic carbocycles. The Balaban J connectivity index is 0.000000311. The molecule has 0 amide bonds. The Morgan fingerprint density at radius 2 is 1.35 bits per heavy atom. The van der Waals surface area contributed by atoms with Crippen molar-refractivity contribution in [2.45, 2.75) is 54.1 Å². The lowest BCUT2D eigenvalue weighted by Crippen LogP contribution is -2.28. The number of benzene rings is 2. The summed E-state index contributed by atoms with van der Waals surface area (Å²) in [5.74, 6) is 0. The molecule has 168 valence electrons. The van der Waals surface area contributed by atoms with Gasteiger partial charge in [-0.3, -0.25) is 20.2 Å². The van der Waals surface area contributed by atoms with Crippen molar-refractivity contribution < 1.29 is 15.0 Å². The van der Waals surface area contributed by atoms with Crippen molar-refractivity contribution in [3.8, 4) is 0 Å². The summed E-state index contributed by atoms with van der Waals surface area (Å²) in [6.07, 6.45) is 3.49. The summed E-state index contributed by atoms with van der Waals surface area (Å²) in [5.41, 5.74) is 1.21. The van der Waals surface area contributed by atoms with E-state index in [1.165, 1.54) is 12.1 Å². The molecule has 0 heterocycles. The van der Waals surface area contributed by atoms with Gasteiger partial charge in [-0.15, -0.1) is 0 Å². The molecule has 0 aromatic heterocycles. The van der Waals surface area contributed by atoms with Gasteiger partial charge in [0.05, 0.1) is 21.5 Å². The van der Waals surface area contributed by atoms with Crippen LogP contribution < -0.4 is 0 Å². The Morgan fingerprint density at radius 3 is 1.84 bits per heavy atom. The van der Waals surface area contributed by atoms with Crippen molar-refractivity contribution in [1.29, 1.82) is 0 Å². The van der Waals surface area contributed by atoms with Gasteiger partial charge in [0, 0.05) is 24.1 Å². The van der Waals surface area contributed by atoms with Crippen LogP contribution in [0.2, 0.25) is 0 Å². The van der Waals surface area contributed by atoms with Crippen LogP contribution in [0.4, 0.5) is 11.4 Å². The zero-order valence-electron chi connectivity index (χ0n) is 19.0. The summed E-state index contributed by atoms with van der Waals surface area (Å²) >= 11 is 0. The smallest absolute Gasteiger partial charge is 0.276 e. The second-order valence-electron chi connectivity index (χ2n) is 9.49. The molecule has 2 aromatic rings. The van der Waals surface area contributed by atoms with Gasteiger partial charge >= 0.3 is 0 Å². The number of nitrogens with zero attached hydrogens (tertiary/aromatic N) is 2. The van der Waals surface area contributed by atoms with Gasteiger partial charge in [0.15, 0.2) is 0 Å². The number of para-hydroxylation sites is 2. The van der Waals surface area contributed by atoms with Crippen molar-refractivity contribution in [3.63, 3.8) is 0 Å². The lowest BCUT2D eigenvalue weighted by atomic mass is 9.85. The van der Waals surface area contributed by atoms with Crippen LogP contribution in [0, 0.1) is 31.1 Å². The first-order chi connectivity index (χ1) is 14.2. The minimum atomic E-state index is -0.589. The Kier molecular flexibility index (Phi) is 9.06. The number of hydrogen-bond donors (Lipinski definition) is 1. The minimum absolute atomic E-state index is 0.0315. The number of nitro groups is 2. The molecule has 0 saturated carbocycles. The highest BCUT2D eigenvalue weighted by Gasteiger charge is 2.25. The monoisotopic (exact) mass is 428 g/mol. The van der Waals surface area contributed by atoms with Crippen LogP contribution in [0.25, 0.3) is 6.08 Å². The Hall–Kier alpha value is -3.06. The summed E-state index contributed by atoms with van der Waals surface area (Å²) in [5, 5.41) is 31.4. The van der Waals surface area contributed by atoms with E-state index in [0.717, 1.165) is 0 Å². The summed E-state index contributed by atoms with van der Waals surface area (Å²) in [4.78, 5) is 20.7. The van der Waals surface area contributed by atoms with Crippen LogP contribution >= 0.6 is 0 Å². The predicted molar refractivity (Wildman–Crippen MR) is 124 cm³/mol. The van der Waals surface area contributed by atoms with Gasteiger partial charge in [0.25, 0.3) is 11.4 Å². The Morgan fingerprint density at radius 1 is 0.871 bits per heavy atom. The number of allylic oxidation sites excluding steroid dienone is 1. The van der Waals surface area contributed by atoms with Crippen molar-refractivity contribution in [3.05, 3.63) is 86.0 Å². The van der Waals surface area contributed by atoms with Gasteiger partial charge in [-0.2, -0.15) is 0 Å². The first kappa shape index (κ1) is 26.0. The van der Waals surface area contributed by atoms with Crippen LogP contribution in [0.15, 0.2) is 54.6 Å². The van der Waals surface area contributed by atoms with E-state index in [2.05, 4.69) is 20.8 Å². The fourth-order valence-corrected chi connectivity index (χ4v) is 2.51. The Labute approximate surface area is 183 Å². The average Bonchev–Trinajstić information content (AvgIpc) is 2.66. The number of hydrogen-bond acceptors (Lipinski definition) is 5. The normalized spacial score (nSPS) is 12.7. The fraction of sp³-hybridized carbons (Fsp3) is 0.417. The lowest BCUT2D eigenvalue weighted by Gasteiger charge is -2.25. The van der Waals surface area contributed by atoms with Gasteiger partial charge < -0.3 is 5.11 Å². The summed E-state index contributed by atoms with van der Waals surface area (Å²) in [7, 11) is 0. The van der Waals surface area contributed by atoms with Gasteiger partial charge in [-0.1, -0.05) is 84.0 Å². The van der Waals surface area contributed by atoms with Crippen LogP contribution in [-0.4, -0.2) is 21.1 Å². The molecule has 0 aliphatic rings. The number of aliphatic hydroxyl groups is 1. The summed E-state index contributed by atoms with van der Waals surface area (Å²) in [6.45, 7) is 11.9. The maximum absolute atomic E-state index is 10.8. The van der Waals surface area contributed by atoms with E-state index in [4.69, 9.17) is 0 Å². The molecule has 0 fully saturated rings. The predicted octanol–water partition coefficient (Wildman–Crippen LogP) is 6.20. The molecule has 31 heavy (non-hydrogen) atoms. The van der Waals surface area contributed by atoms with E-state index in [-0.39, 0.29) is 27.1 Å². The number of aliphatic hydroxyl groups excluding tert-OH is 1. The highest BCUT2D eigenvalue weighted by atomic mass is 16.6. The van der Waals surface area contributed by atoms with Crippen molar-refractivity contribution in [1.82, 2.24) is 0 Å².